The molecule has 1 atom stereocenters. The Morgan fingerprint density at radius 3 is 2.83 bits per heavy atom. The van der Waals surface area contributed by atoms with Gasteiger partial charge in [0.2, 0.25) is 5.91 Å². The number of carbonyl (C=O) groups is 3. The van der Waals surface area contributed by atoms with Crippen LogP contribution in [0.25, 0.3) is 10.9 Å². The van der Waals surface area contributed by atoms with Crippen LogP contribution in [0.4, 0.5) is 4.79 Å². The number of rotatable bonds is 8. The molecule has 3 aromatic rings. The Labute approximate surface area is 213 Å². The lowest BCUT2D eigenvalue weighted by Gasteiger charge is -2.33. The molecule has 0 fully saturated rings. The van der Waals surface area contributed by atoms with Crippen molar-refractivity contribution in [3.05, 3.63) is 94.8 Å². The zero-order chi connectivity index (χ0) is 25.2. The molecular formula is C27H26ClN5O3. The molecular weight excluding hydrogens is 478 g/mol. The fourth-order valence-corrected chi connectivity index (χ4v) is 5.04. The fraction of sp³-hybridized carbons (Fsp3) is 0.222. The molecule has 0 saturated carbocycles. The summed E-state index contributed by atoms with van der Waals surface area (Å²) in [6, 6.07) is 14.1. The van der Waals surface area contributed by atoms with Crippen LogP contribution < -0.4 is 10.6 Å². The number of amides is 4. The number of carbonyl (C=O) groups excluding carboxylic acids is 3. The Kier molecular flexibility index (Phi) is 6.52. The van der Waals surface area contributed by atoms with Gasteiger partial charge in [-0.3, -0.25) is 14.5 Å². The van der Waals surface area contributed by atoms with Crippen molar-refractivity contribution in [2.75, 3.05) is 26.2 Å². The van der Waals surface area contributed by atoms with Crippen molar-refractivity contribution >= 4 is 40.3 Å². The van der Waals surface area contributed by atoms with E-state index in [1.54, 1.807) is 24.3 Å². The topological polar surface area (TPSA) is 97.5 Å². The first-order valence-corrected chi connectivity index (χ1v) is 12.1. The summed E-state index contributed by atoms with van der Waals surface area (Å²) in [4.78, 5) is 45.3. The highest BCUT2D eigenvalue weighted by atomic mass is 35.5. The maximum atomic E-state index is 13.5. The molecule has 2 aliphatic rings. The third-order valence-electron chi connectivity index (χ3n) is 6.52. The summed E-state index contributed by atoms with van der Waals surface area (Å²) in [5.41, 5.74) is 3.92. The van der Waals surface area contributed by atoms with E-state index in [1.165, 1.54) is 9.80 Å². The second-order valence-electron chi connectivity index (χ2n) is 8.82. The van der Waals surface area contributed by atoms with Gasteiger partial charge in [-0.2, -0.15) is 0 Å². The first-order chi connectivity index (χ1) is 17.5. The molecule has 3 heterocycles. The van der Waals surface area contributed by atoms with Crippen molar-refractivity contribution in [2.24, 2.45) is 0 Å². The second-order valence-corrected chi connectivity index (χ2v) is 9.25. The summed E-state index contributed by atoms with van der Waals surface area (Å²) in [7, 11) is 0. The van der Waals surface area contributed by atoms with Crippen LogP contribution in [0.2, 0.25) is 5.02 Å². The van der Waals surface area contributed by atoms with E-state index in [-0.39, 0.29) is 37.5 Å². The Morgan fingerprint density at radius 1 is 1.19 bits per heavy atom. The Balaban J connectivity index is 1.28. The second kappa shape index (κ2) is 9.91. The van der Waals surface area contributed by atoms with E-state index < -0.39 is 6.04 Å². The number of aromatic amines is 1. The molecule has 1 unspecified atom stereocenters. The predicted molar refractivity (Wildman–Crippen MR) is 138 cm³/mol. The number of benzene rings is 2. The van der Waals surface area contributed by atoms with Crippen LogP contribution in [-0.4, -0.2) is 58.8 Å². The van der Waals surface area contributed by atoms with E-state index in [9.17, 15) is 14.4 Å². The third kappa shape index (κ3) is 4.47. The Hall–Kier alpha value is -4.04. The molecule has 2 aliphatic heterocycles. The zero-order valence-corrected chi connectivity index (χ0v) is 20.3. The Morgan fingerprint density at radius 2 is 2.03 bits per heavy atom. The van der Waals surface area contributed by atoms with Crippen LogP contribution in [0.15, 0.2) is 78.7 Å². The van der Waals surface area contributed by atoms with Gasteiger partial charge < -0.3 is 20.5 Å². The minimum absolute atomic E-state index is 0.0991. The molecule has 5 rings (SSSR count). The molecule has 36 heavy (non-hydrogen) atoms. The minimum Gasteiger partial charge on any atom is -0.361 e. The quantitative estimate of drug-likeness (QED) is 0.410. The summed E-state index contributed by atoms with van der Waals surface area (Å²) in [5.74, 6) is -0.535. The van der Waals surface area contributed by atoms with Gasteiger partial charge in [-0.05, 0) is 35.7 Å². The highest BCUT2D eigenvalue weighted by Crippen LogP contribution is 2.36. The number of hydrogen-bond acceptors (Lipinski definition) is 3. The van der Waals surface area contributed by atoms with E-state index in [0.29, 0.717) is 34.8 Å². The number of aromatic nitrogens is 1. The van der Waals surface area contributed by atoms with E-state index in [2.05, 4.69) is 22.2 Å². The number of halogens is 1. The SMILES string of the molecule is C=CCN1C(=O)NC(c2cccc(Cl)c2)C2=C1CN(CC(=O)NCCc1c[nH]c3ccccc13)C2=O. The first-order valence-electron chi connectivity index (χ1n) is 11.7. The molecule has 1 aromatic heterocycles. The number of para-hydroxylation sites is 1. The number of fused-ring (bicyclic) bond motifs is 1. The summed E-state index contributed by atoms with van der Waals surface area (Å²) in [5, 5.41) is 7.46. The van der Waals surface area contributed by atoms with Crippen LogP contribution in [0.1, 0.15) is 17.2 Å². The molecule has 0 spiro atoms. The van der Waals surface area contributed by atoms with E-state index in [1.807, 2.05) is 36.5 Å². The molecule has 0 aliphatic carbocycles. The van der Waals surface area contributed by atoms with E-state index in [4.69, 9.17) is 11.6 Å². The van der Waals surface area contributed by atoms with Gasteiger partial charge in [0.15, 0.2) is 0 Å². The van der Waals surface area contributed by atoms with Gasteiger partial charge in [-0.1, -0.05) is 48.0 Å². The van der Waals surface area contributed by atoms with Crippen LogP contribution >= 0.6 is 11.6 Å². The lowest BCUT2D eigenvalue weighted by Crippen LogP contribution is -2.47. The zero-order valence-electron chi connectivity index (χ0n) is 19.6. The van der Waals surface area contributed by atoms with Gasteiger partial charge >= 0.3 is 6.03 Å². The molecule has 0 radical (unpaired) electrons. The Bertz CT molecular complexity index is 1390. The molecule has 8 nitrogen and oxygen atoms in total. The molecule has 3 N–H and O–H groups in total. The summed E-state index contributed by atoms with van der Waals surface area (Å²) >= 11 is 6.17. The van der Waals surface area contributed by atoms with Gasteiger partial charge in [-0.15, -0.1) is 6.58 Å². The number of hydrogen-bond donors (Lipinski definition) is 3. The smallest absolute Gasteiger partial charge is 0.322 e. The van der Waals surface area contributed by atoms with Crippen molar-refractivity contribution in [2.45, 2.75) is 12.5 Å². The van der Waals surface area contributed by atoms with Crippen LogP contribution in [-0.2, 0) is 16.0 Å². The predicted octanol–water partition coefficient (Wildman–Crippen LogP) is 3.53. The van der Waals surface area contributed by atoms with Gasteiger partial charge in [0.1, 0.15) is 6.54 Å². The lowest BCUT2D eigenvalue weighted by atomic mass is 9.95. The molecule has 2 aromatic carbocycles. The summed E-state index contributed by atoms with van der Waals surface area (Å²) < 4.78 is 0. The third-order valence-corrected chi connectivity index (χ3v) is 6.75. The van der Waals surface area contributed by atoms with Gasteiger partial charge in [0, 0.05) is 35.2 Å². The molecule has 0 saturated heterocycles. The van der Waals surface area contributed by atoms with Crippen molar-refractivity contribution in [3.8, 4) is 0 Å². The van der Waals surface area contributed by atoms with E-state index in [0.717, 1.165) is 16.5 Å². The number of H-pyrrole nitrogens is 1. The van der Waals surface area contributed by atoms with Gasteiger partial charge in [0.05, 0.1) is 23.9 Å². The van der Waals surface area contributed by atoms with Crippen LogP contribution in [0, 0.1) is 0 Å². The average Bonchev–Trinajstić information content (AvgIpc) is 3.42. The van der Waals surface area contributed by atoms with Crippen LogP contribution in [0.5, 0.6) is 0 Å². The van der Waals surface area contributed by atoms with Gasteiger partial charge in [-0.25, -0.2) is 4.79 Å². The minimum atomic E-state index is -0.644. The summed E-state index contributed by atoms with van der Waals surface area (Å²) in [6.07, 6.45) is 4.22. The molecule has 184 valence electrons. The van der Waals surface area contributed by atoms with Crippen molar-refractivity contribution in [1.29, 1.82) is 0 Å². The standard InChI is InChI=1S/C27H26ClN5O3/c1-2-12-33-22-15-32(16-23(34)29-11-10-18-14-30-21-9-4-3-8-20(18)21)26(35)24(22)25(31-27(33)36)17-6-5-7-19(28)13-17/h2-9,13-14,25,30H,1,10-12,15-16H2,(H,29,34)(H,31,36). The summed E-state index contributed by atoms with van der Waals surface area (Å²) in [6.45, 7) is 4.50. The molecule has 0 bridgehead atoms. The molecule has 9 heteroatoms. The largest absolute Gasteiger partial charge is 0.361 e. The maximum Gasteiger partial charge on any atom is 0.322 e. The number of urea groups is 1. The van der Waals surface area contributed by atoms with Gasteiger partial charge in [0.25, 0.3) is 5.91 Å². The van der Waals surface area contributed by atoms with Crippen LogP contribution in [0.3, 0.4) is 0 Å². The van der Waals surface area contributed by atoms with Crippen molar-refractivity contribution < 1.29 is 14.4 Å². The molecule has 4 amide bonds. The van der Waals surface area contributed by atoms with Crippen molar-refractivity contribution in [3.63, 3.8) is 0 Å². The first kappa shape index (κ1) is 23.7. The highest BCUT2D eigenvalue weighted by molar-refractivity contribution is 6.30. The monoisotopic (exact) mass is 503 g/mol. The van der Waals surface area contributed by atoms with E-state index >= 15 is 0 Å². The lowest BCUT2D eigenvalue weighted by molar-refractivity contribution is -0.131. The highest BCUT2D eigenvalue weighted by Gasteiger charge is 2.44. The number of nitrogens with one attached hydrogen (secondary N) is 3. The normalized spacial score (nSPS) is 17.4. The maximum absolute atomic E-state index is 13.5. The van der Waals surface area contributed by atoms with Crippen molar-refractivity contribution in [1.82, 2.24) is 25.4 Å². The number of nitrogens with zero attached hydrogens (tertiary/aromatic N) is 2. The average molecular weight is 504 g/mol. The fourth-order valence-electron chi connectivity index (χ4n) is 4.84.